The highest BCUT2D eigenvalue weighted by Gasteiger charge is 2.20. The summed E-state index contributed by atoms with van der Waals surface area (Å²) in [4.78, 5) is 21.9. The van der Waals surface area contributed by atoms with E-state index in [1.165, 1.54) is 6.07 Å². The first-order chi connectivity index (χ1) is 13.2. The van der Waals surface area contributed by atoms with Gasteiger partial charge in [0.15, 0.2) is 11.5 Å². The average Bonchev–Trinajstić information content (AvgIpc) is 2.70. The zero-order valence-electron chi connectivity index (χ0n) is 15.4. The molecular weight excluding hydrogens is 346 g/mol. The van der Waals surface area contributed by atoms with Crippen LogP contribution in [0.5, 0.6) is 11.5 Å². The van der Waals surface area contributed by atoms with E-state index in [4.69, 9.17) is 15.2 Å². The van der Waals surface area contributed by atoms with Gasteiger partial charge in [0.2, 0.25) is 5.95 Å². The molecule has 0 unspecified atom stereocenters. The molecule has 27 heavy (non-hydrogen) atoms. The highest BCUT2D eigenvalue weighted by atomic mass is 16.5. The van der Waals surface area contributed by atoms with Crippen molar-refractivity contribution in [2.24, 2.45) is 5.73 Å². The lowest BCUT2D eigenvalue weighted by Gasteiger charge is -2.32. The summed E-state index contributed by atoms with van der Waals surface area (Å²) in [6, 6.07) is 9.45. The number of hydrogen-bond acceptors (Lipinski definition) is 7. The molecule has 8 heteroatoms. The molecule has 1 fully saturated rings. The maximum Gasteiger partial charge on any atom is 0.267 e. The molecule has 3 rings (SSSR count). The summed E-state index contributed by atoms with van der Waals surface area (Å²) in [7, 11) is 1.64. The van der Waals surface area contributed by atoms with Crippen LogP contribution in [0.1, 0.15) is 23.3 Å². The lowest BCUT2D eigenvalue weighted by atomic mass is 10.1. The van der Waals surface area contributed by atoms with E-state index in [9.17, 15) is 4.79 Å². The SMILES string of the molecule is COc1ccccc1OCCN1CCC(Nc2nccc(C(N)=O)n2)CC1. The van der Waals surface area contributed by atoms with Crippen molar-refractivity contribution >= 4 is 11.9 Å². The van der Waals surface area contributed by atoms with Gasteiger partial charge in [-0.05, 0) is 31.0 Å². The smallest absolute Gasteiger partial charge is 0.267 e. The zero-order chi connectivity index (χ0) is 19.1. The van der Waals surface area contributed by atoms with E-state index in [1.807, 2.05) is 24.3 Å². The number of amides is 1. The number of para-hydroxylation sites is 2. The molecule has 1 aromatic carbocycles. The van der Waals surface area contributed by atoms with Crippen molar-refractivity contribution in [3.8, 4) is 11.5 Å². The second kappa shape index (κ2) is 9.18. The Bertz CT molecular complexity index is 763. The minimum atomic E-state index is -0.551. The number of aromatic nitrogens is 2. The van der Waals surface area contributed by atoms with Gasteiger partial charge < -0.3 is 20.5 Å². The number of rotatable bonds is 8. The molecular formula is C19H25N5O3. The van der Waals surface area contributed by atoms with Crippen molar-refractivity contribution in [3.05, 3.63) is 42.2 Å². The number of carbonyl (C=O) groups excluding carboxylic acids is 1. The molecule has 0 atom stereocenters. The Balaban J connectivity index is 1.41. The lowest BCUT2D eigenvalue weighted by molar-refractivity contribution is 0.0995. The van der Waals surface area contributed by atoms with Gasteiger partial charge in [-0.3, -0.25) is 9.69 Å². The number of likely N-dealkylation sites (tertiary alicyclic amines) is 1. The molecule has 0 bridgehead atoms. The maximum atomic E-state index is 11.2. The van der Waals surface area contributed by atoms with E-state index >= 15 is 0 Å². The van der Waals surface area contributed by atoms with Gasteiger partial charge in [0.05, 0.1) is 7.11 Å². The third-order valence-corrected chi connectivity index (χ3v) is 4.56. The molecule has 0 saturated carbocycles. The first-order valence-electron chi connectivity index (χ1n) is 9.03. The largest absolute Gasteiger partial charge is 0.493 e. The summed E-state index contributed by atoms with van der Waals surface area (Å²) >= 11 is 0. The summed E-state index contributed by atoms with van der Waals surface area (Å²) in [5.74, 6) is 1.41. The van der Waals surface area contributed by atoms with Crippen LogP contribution < -0.4 is 20.5 Å². The Hall–Kier alpha value is -2.87. The van der Waals surface area contributed by atoms with E-state index in [-0.39, 0.29) is 11.7 Å². The molecule has 2 heterocycles. The predicted octanol–water partition coefficient (Wildman–Crippen LogP) is 1.54. The Kier molecular flexibility index (Phi) is 6.43. The number of carbonyl (C=O) groups is 1. The van der Waals surface area contributed by atoms with Gasteiger partial charge in [-0.2, -0.15) is 0 Å². The second-order valence-electron chi connectivity index (χ2n) is 6.39. The fraction of sp³-hybridized carbons (Fsp3) is 0.421. The van der Waals surface area contributed by atoms with Crippen LogP contribution >= 0.6 is 0 Å². The number of nitrogens with one attached hydrogen (secondary N) is 1. The summed E-state index contributed by atoms with van der Waals surface area (Å²) in [6.07, 6.45) is 3.48. The van der Waals surface area contributed by atoms with E-state index in [1.54, 1.807) is 13.3 Å². The van der Waals surface area contributed by atoms with Gasteiger partial charge in [-0.15, -0.1) is 0 Å². The maximum absolute atomic E-state index is 11.2. The first-order valence-corrected chi connectivity index (χ1v) is 9.03. The minimum Gasteiger partial charge on any atom is -0.493 e. The highest BCUT2D eigenvalue weighted by molar-refractivity contribution is 5.90. The molecule has 1 amide bonds. The van der Waals surface area contributed by atoms with Gasteiger partial charge in [0.1, 0.15) is 12.3 Å². The van der Waals surface area contributed by atoms with Crippen molar-refractivity contribution in [1.82, 2.24) is 14.9 Å². The van der Waals surface area contributed by atoms with Gasteiger partial charge in [-0.25, -0.2) is 9.97 Å². The molecule has 8 nitrogen and oxygen atoms in total. The van der Waals surface area contributed by atoms with Gasteiger partial charge >= 0.3 is 0 Å². The number of primary amides is 1. The summed E-state index contributed by atoms with van der Waals surface area (Å²) < 4.78 is 11.1. The molecule has 0 spiro atoms. The Morgan fingerprint density at radius 3 is 2.70 bits per heavy atom. The monoisotopic (exact) mass is 371 g/mol. The molecule has 0 radical (unpaired) electrons. The fourth-order valence-corrected chi connectivity index (χ4v) is 3.07. The standard InChI is InChI=1S/C19H25N5O3/c1-26-16-4-2-3-5-17(16)27-13-12-24-10-7-14(8-11-24)22-19-21-9-6-15(23-19)18(20)25/h2-6,9,14H,7-8,10-13H2,1H3,(H2,20,25)(H,21,22,23). The molecule has 2 aromatic rings. The van der Waals surface area contributed by atoms with Crippen molar-refractivity contribution in [3.63, 3.8) is 0 Å². The number of anilines is 1. The third kappa shape index (κ3) is 5.30. The number of ether oxygens (including phenoxy) is 2. The normalized spacial score (nSPS) is 15.3. The van der Waals surface area contributed by atoms with Gasteiger partial charge in [0, 0.05) is 31.9 Å². The number of benzene rings is 1. The molecule has 1 aliphatic heterocycles. The molecule has 3 N–H and O–H groups in total. The van der Waals surface area contributed by atoms with E-state index in [2.05, 4.69) is 20.2 Å². The minimum absolute atomic E-state index is 0.221. The van der Waals surface area contributed by atoms with Crippen LogP contribution in [0.25, 0.3) is 0 Å². The second-order valence-corrected chi connectivity index (χ2v) is 6.39. The number of hydrogen-bond donors (Lipinski definition) is 2. The summed E-state index contributed by atoms with van der Waals surface area (Å²) in [5.41, 5.74) is 5.48. The fourth-order valence-electron chi connectivity index (χ4n) is 3.07. The zero-order valence-corrected chi connectivity index (χ0v) is 15.4. The number of methoxy groups -OCH3 is 1. The number of nitrogens with zero attached hydrogens (tertiary/aromatic N) is 3. The van der Waals surface area contributed by atoms with Crippen molar-refractivity contribution in [2.45, 2.75) is 18.9 Å². The van der Waals surface area contributed by atoms with Gasteiger partial charge in [0.25, 0.3) is 5.91 Å². The lowest BCUT2D eigenvalue weighted by Crippen LogP contribution is -2.41. The Morgan fingerprint density at radius 1 is 1.26 bits per heavy atom. The van der Waals surface area contributed by atoms with Crippen LogP contribution in [0.15, 0.2) is 36.5 Å². The highest BCUT2D eigenvalue weighted by Crippen LogP contribution is 2.25. The number of piperidine rings is 1. The van der Waals surface area contributed by atoms with Crippen LogP contribution in [-0.2, 0) is 0 Å². The number of nitrogens with two attached hydrogens (primary N) is 1. The molecule has 0 aliphatic carbocycles. The van der Waals surface area contributed by atoms with Crippen LogP contribution in [-0.4, -0.2) is 60.2 Å². The van der Waals surface area contributed by atoms with Crippen LogP contribution in [0.2, 0.25) is 0 Å². The third-order valence-electron chi connectivity index (χ3n) is 4.56. The average molecular weight is 371 g/mol. The molecule has 144 valence electrons. The molecule has 1 aromatic heterocycles. The van der Waals surface area contributed by atoms with Crippen molar-refractivity contribution < 1.29 is 14.3 Å². The van der Waals surface area contributed by atoms with Gasteiger partial charge in [-0.1, -0.05) is 12.1 Å². The van der Waals surface area contributed by atoms with E-state index in [0.717, 1.165) is 44.0 Å². The first kappa shape index (κ1) is 18.9. The Morgan fingerprint density at radius 2 is 2.00 bits per heavy atom. The van der Waals surface area contributed by atoms with Crippen LogP contribution in [0.3, 0.4) is 0 Å². The predicted molar refractivity (Wildman–Crippen MR) is 102 cm³/mol. The summed E-state index contributed by atoms with van der Waals surface area (Å²) in [6.45, 7) is 3.39. The van der Waals surface area contributed by atoms with E-state index in [0.29, 0.717) is 12.6 Å². The van der Waals surface area contributed by atoms with Crippen LogP contribution in [0, 0.1) is 0 Å². The van der Waals surface area contributed by atoms with Crippen molar-refractivity contribution in [1.29, 1.82) is 0 Å². The van der Waals surface area contributed by atoms with E-state index < -0.39 is 5.91 Å². The van der Waals surface area contributed by atoms with Crippen molar-refractivity contribution in [2.75, 3.05) is 38.7 Å². The quantitative estimate of drug-likeness (QED) is 0.725. The molecule has 1 saturated heterocycles. The topological polar surface area (TPSA) is 103 Å². The van der Waals surface area contributed by atoms with Crippen LogP contribution in [0.4, 0.5) is 5.95 Å². The molecule has 1 aliphatic rings. The summed E-state index contributed by atoms with van der Waals surface area (Å²) in [5, 5.41) is 3.29. The Labute approximate surface area is 158 Å².